The number of nitrogens with zero attached hydrogens (tertiary/aromatic N) is 1. The van der Waals surface area contributed by atoms with E-state index >= 15 is 0 Å². The first-order valence-corrected chi connectivity index (χ1v) is 8.47. The number of alkyl halides is 1. The number of hydrogen-bond acceptors (Lipinski definition) is 4. The first-order valence-electron chi connectivity index (χ1n) is 6.11. The summed E-state index contributed by atoms with van der Waals surface area (Å²) in [6.45, 7) is 2.83. The van der Waals surface area contributed by atoms with Gasteiger partial charge in [-0.3, -0.25) is 4.79 Å². The van der Waals surface area contributed by atoms with Crippen molar-refractivity contribution in [2.24, 2.45) is 5.92 Å². The van der Waals surface area contributed by atoms with Crippen LogP contribution in [0.5, 0.6) is 0 Å². The Hall–Kier alpha value is -0.330. The molecule has 0 N–H and O–H groups in total. The maximum atomic E-state index is 12.3. The van der Waals surface area contributed by atoms with Crippen molar-refractivity contribution in [2.75, 3.05) is 30.5 Å². The van der Waals surface area contributed by atoms with Gasteiger partial charge in [0.25, 0.3) is 0 Å². The van der Waals surface area contributed by atoms with Crippen LogP contribution in [0, 0.1) is 5.92 Å². The summed E-state index contributed by atoms with van der Waals surface area (Å²) in [6, 6.07) is -0.0136. The summed E-state index contributed by atoms with van der Waals surface area (Å²) < 4.78 is 28.3. The van der Waals surface area contributed by atoms with Crippen LogP contribution in [-0.4, -0.2) is 61.9 Å². The first kappa shape index (κ1) is 14.1. The number of halogens is 1. The standard InChI is InChI=1S/C11H18ClNO4S/c1-8-6-17-10(4-12)5-13(8)11(14)9-2-3-18(15,16)7-9/h8-10H,2-7H2,1H3. The number of hydrogen-bond donors (Lipinski definition) is 0. The molecule has 3 atom stereocenters. The van der Waals surface area contributed by atoms with Gasteiger partial charge in [-0.2, -0.15) is 0 Å². The Morgan fingerprint density at radius 3 is 2.78 bits per heavy atom. The molecule has 2 saturated heterocycles. The fourth-order valence-corrected chi connectivity index (χ4v) is 4.36. The van der Waals surface area contributed by atoms with Gasteiger partial charge in [-0.05, 0) is 13.3 Å². The third-order valence-electron chi connectivity index (χ3n) is 3.54. The molecule has 0 spiro atoms. The van der Waals surface area contributed by atoms with Gasteiger partial charge in [-0.25, -0.2) is 8.42 Å². The molecule has 18 heavy (non-hydrogen) atoms. The van der Waals surface area contributed by atoms with Crippen LogP contribution in [0.4, 0.5) is 0 Å². The van der Waals surface area contributed by atoms with E-state index in [9.17, 15) is 13.2 Å². The minimum atomic E-state index is -3.02. The summed E-state index contributed by atoms with van der Waals surface area (Å²) >= 11 is 5.74. The molecule has 0 radical (unpaired) electrons. The first-order chi connectivity index (χ1) is 8.43. The second kappa shape index (κ2) is 5.35. The highest BCUT2D eigenvalue weighted by atomic mass is 35.5. The molecule has 0 aliphatic carbocycles. The zero-order valence-corrected chi connectivity index (χ0v) is 11.9. The quantitative estimate of drug-likeness (QED) is 0.686. The molecule has 2 heterocycles. The highest BCUT2D eigenvalue weighted by molar-refractivity contribution is 7.91. The smallest absolute Gasteiger partial charge is 0.227 e. The minimum absolute atomic E-state index is 0.0124. The lowest BCUT2D eigenvalue weighted by atomic mass is 10.1. The molecule has 3 unspecified atom stereocenters. The molecule has 104 valence electrons. The molecule has 1 amide bonds. The zero-order valence-electron chi connectivity index (χ0n) is 10.3. The molecule has 0 bridgehead atoms. The molecule has 0 saturated carbocycles. The van der Waals surface area contributed by atoms with Crippen molar-refractivity contribution >= 4 is 27.3 Å². The number of sulfone groups is 1. The van der Waals surface area contributed by atoms with Crippen molar-refractivity contribution in [3.63, 3.8) is 0 Å². The monoisotopic (exact) mass is 295 g/mol. The summed E-state index contributed by atoms with van der Waals surface area (Å²) in [5, 5.41) is 0. The van der Waals surface area contributed by atoms with E-state index in [1.165, 1.54) is 0 Å². The van der Waals surface area contributed by atoms with Gasteiger partial charge in [0.1, 0.15) is 0 Å². The van der Waals surface area contributed by atoms with Crippen LogP contribution in [0.2, 0.25) is 0 Å². The molecule has 2 aliphatic rings. The topological polar surface area (TPSA) is 63.7 Å². The summed E-state index contributed by atoms with van der Waals surface area (Å²) in [6.07, 6.45) is 0.293. The van der Waals surface area contributed by atoms with E-state index in [-0.39, 0.29) is 35.5 Å². The highest BCUT2D eigenvalue weighted by Crippen LogP contribution is 2.23. The Bertz CT molecular complexity index is 425. The van der Waals surface area contributed by atoms with Crippen molar-refractivity contribution in [3.05, 3.63) is 0 Å². The molecule has 2 rings (SSSR count). The molecule has 0 aromatic carbocycles. The summed E-state index contributed by atoms with van der Waals surface area (Å²) in [4.78, 5) is 14.0. The largest absolute Gasteiger partial charge is 0.373 e. The lowest BCUT2D eigenvalue weighted by molar-refractivity contribution is -0.146. The Morgan fingerprint density at radius 2 is 2.22 bits per heavy atom. The van der Waals surface area contributed by atoms with Gasteiger partial charge in [0.05, 0.1) is 42.1 Å². The second-order valence-electron chi connectivity index (χ2n) is 5.05. The number of carbonyl (C=O) groups is 1. The van der Waals surface area contributed by atoms with Crippen LogP contribution in [0.3, 0.4) is 0 Å². The van der Waals surface area contributed by atoms with E-state index in [0.717, 1.165) is 0 Å². The van der Waals surface area contributed by atoms with Crippen molar-refractivity contribution in [1.29, 1.82) is 0 Å². The molecule has 0 aromatic rings. The third kappa shape index (κ3) is 2.97. The normalized spacial score (nSPS) is 35.7. The molecular formula is C11H18ClNO4S. The van der Waals surface area contributed by atoms with Gasteiger partial charge in [0, 0.05) is 6.54 Å². The van der Waals surface area contributed by atoms with Crippen molar-refractivity contribution in [3.8, 4) is 0 Å². The number of ether oxygens (including phenoxy) is 1. The Kier molecular flexibility index (Phi) is 4.18. The van der Waals surface area contributed by atoms with Crippen LogP contribution in [0.1, 0.15) is 13.3 Å². The molecule has 7 heteroatoms. The van der Waals surface area contributed by atoms with E-state index in [1.807, 2.05) is 6.92 Å². The average Bonchev–Trinajstić information content (AvgIpc) is 2.69. The van der Waals surface area contributed by atoms with Gasteiger partial charge in [-0.1, -0.05) is 0 Å². The minimum Gasteiger partial charge on any atom is -0.373 e. The van der Waals surface area contributed by atoms with Crippen LogP contribution in [0.15, 0.2) is 0 Å². The summed E-state index contributed by atoms with van der Waals surface area (Å²) in [7, 11) is -3.02. The summed E-state index contributed by atoms with van der Waals surface area (Å²) in [5.74, 6) is 0.00985. The van der Waals surface area contributed by atoms with Gasteiger partial charge < -0.3 is 9.64 Å². The predicted octanol–water partition coefficient (Wildman–Crippen LogP) is 0.276. The maximum Gasteiger partial charge on any atom is 0.227 e. The van der Waals surface area contributed by atoms with Crippen LogP contribution < -0.4 is 0 Å². The lowest BCUT2D eigenvalue weighted by Crippen LogP contribution is -2.53. The molecule has 2 fully saturated rings. The van der Waals surface area contributed by atoms with Crippen molar-refractivity contribution in [1.82, 2.24) is 4.90 Å². The van der Waals surface area contributed by atoms with Gasteiger partial charge >= 0.3 is 0 Å². The SMILES string of the molecule is CC1COC(CCl)CN1C(=O)C1CCS(=O)(=O)C1. The van der Waals surface area contributed by atoms with Crippen molar-refractivity contribution < 1.29 is 17.9 Å². The van der Waals surface area contributed by atoms with Crippen LogP contribution >= 0.6 is 11.6 Å². The van der Waals surface area contributed by atoms with Gasteiger partial charge in [0.2, 0.25) is 5.91 Å². The zero-order chi connectivity index (χ0) is 13.3. The van der Waals surface area contributed by atoms with E-state index < -0.39 is 9.84 Å². The van der Waals surface area contributed by atoms with Gasteiger partial charge in [0.15, 0.2) is 9.84 Å². The van der Waals surface area contributed by atoms with E-state index in [2.05, 4.69) is 0 Å². The van der Waals surface area contributed by atoms with E-state index in [0.29, 0.717) is 25.5 Å². The Balaban J connectivity index is 2.03. The number of morpholine rings is 1. The third-order valence-corrected chi connectivity index (χ3v) is 5.65. The van der Waals surface area contributed by atoms with Gasteiger partial charge in [-0.15, -0.1) is 11.6 Å². The summed E-state index contributed by atoms with van der Waals surface area (Å²) in [5.41, 5.74) is 0. The number of carbonyl (C=O) groups excluding carboxylic acids is 1. The Morgan fingerprint density at radius 1 is 1.50 bits per heavy atom. The van der Waals surface area contributed by atoms with Crippen molar-refractivity contribution in [2.45, 2.75) is 25.5 Å². The van der Waals surface area contributed by atoms with Crippen LogP contribution in [0.25, 0.3) is 0 Å². The maximum absolute atomic E-state index is 12.3. The molecule has 2 aliphatic heterocycles. The molecular weight excluding hydrogens is 278 g/mol. The van der Waals surface area contributed by atoms with E-state index in [1.54, 1.807) is 4.90 Å². The second-order valence-corrected chi connectivity index (χ2v) is 7.59. The fraction of sp³-hybridized carbons (Fsp3) is 0.909. The molecule has 5 nitrogen and oxygen atoms in total. The predicted molar refractivity (Wildman–Crippen MR) is 68.4 cm³/mol. The average molecular weight is 296 g/mol. The lowest BCUT2D eigenvalue weighted by Gasteiger charge is -2.38. The number of amides is 1. The molecule has 0 aromatic heterocycles. The Labute approximate surface area is 112 Å². The number of rotatable bonds is 2. The van der Waals surface area contributed by atoms with E-state index in [4.69, 9.17) is 16.3 Å². The fourth-order valence-electron chi connectivity index (χ4n) is 2.44. The van der Waals surface area contributed by atoms with Crippen LogP contribution in [-0.2, 0) is 19.4 Å². The highest BCUT2D eigenvalue weighted by Gasteiger charge is 2.38.